The van der Waals surface area contributed by atoms with Crippen LogP contribution in [0.25, 0.3) is 0 Å². The van der Waals surface area contributed by atoms with Crippen molar-refractivity contribution in [2.45, 2.75) is 57.8 Å². The lowest BCUT2D eigenvalue weighted by atomic mass is 10.2. The predicted molar refractivity (Wildman–Crippen MR) is 96.0 cm³/mol. The van der Waals surface area contributed by atoms with E-state index in [2.05, 4.69) is 9.88 Å². The van der Waals surface area contributed by atoms with Crippen molar-refractivity contribution in [2.75, 3.05) is 32.7 Å². The number of nitrogens with zero attached hydrogens (tertiary/aromatic N) is 3. The van der Waals surface area contributed by atoms with Gasteiger partial charge in [-0.15, -0.1) is 0 Å². The number of hydrogen-bond donors (Lipinski definition) is 3. The summed E-state index contributed by atoms with van der Waals surface area (Å²) in [4.78, 5) is 14.9. The summed E-state index contributed by atoms with van der Waals surface area (Å²) >= 11 is 5.66. The molecule has 1 saturated carbocycles. The number of carbonyl (C=O) groups excluding carboxylic acids is 1. The van der Waals surface area contributed by atoms with E-state index in [4.69, 9.17) is 17.3 Å². The first-order chi connectivity index (χ1) is 12.2. The molecule has 3 aliphatic rings. The number of hydrogen-bond acceptors (Lipinski definition) is 3. The number of carbonyl (C=O) groups is 1. The SMILES string of the molecule is O=C(C[NH+]1CC[NH+](Cn2nc3n(c2=S)CCCCC3)CC1)NC1CC1. The molecule has 7 nitrogen and oxygen atoms in total. The van der Waals surface area contributed by atoms with Gasteiger partial charge >= 0.3 is 0 Å². The van der Waals surface area contributed by atoms with E-state index in [1.807, 2.05) is 4.68 Å². The van der Waals surface area contributed by atoms with Gasteiger partial charge in [-0.1, -0.05) is 6.42 Å². The molecule has 1 amide bonds. The van der Waals surface area contributed by atoms with Gasteiger partial charge < -0.3 is 19.7 Å². The Kier molecular flexibility index (Phi) is 5.19. The zero-order valence-corrected chi connectivity index (χ0v) is 15.7. The maximum Gasteiger partial charge on any atom is 0.275 e. The van der Waals surface area contributed by atoms with E-state index in [-0.39, 0.29) is 5.91 Å². The molecule has 0 atom stereocenters. The molecule has 3 N–H and O–H groups in total. The van der Waals surface area contributed by atoms with Crippen molar-refractivity contribution in [1.82, 2.24) is 19.7 Å². The number of amides is 1. The Bertz CT molecular complexity index is 671. The van der Waals surface area contributed by atoms with Gasteiger partial charge in [0.05, 0.1) is 0 Å². The van der Waals surface area contributed by atoms with Crippen LogP contribution in [0.4, 0.5) is 0 Å². The zero-order chi connectivity index (χ0) is 17.2. The van der Waals surface area contributed by atoms with Gasteiger partial charge in [0.1, 0.15) is 32.0 Å². The van der Waals surface area contributed by atoms with Crippen molar-refractivity contribution in [2.24, 2.45) is 0 Å². The molecule has 1 aromatic rings. The fourth-order valence-electron chi connectivity index (χ4n) is 3.97. The van der Waals surface area contributed by atoms with Crippen LogP contribution in [0.15, 0.2) is 0 Å². The minimum atomic E-state index is 0.223. The molecule has 4 rings (SSSR count). The summed E-state index contributed by atoms with van der Waals surface area (Å²) in [6.45, 7) is 6.77. The minimum Gasteiger partial charge on any atom is -0.348 e. The van der Waals surface area contributed by atoms with E-state index in [0.717, 1.165) is 63.4 Å². The van der Waals surface area contributed by atoms with Crippen molar-refractivity contribution >= 4 is 18.1 Å². The van der Waals surface area contributed by atoms with E-state index >= 15 is 0 Å². The highest BCUT2D eigenvalue weighted by Gasteiger charge is 2.28. The summed E-state index contributed by atoms with van der Waals surface area (Å²) in [5.41, 5.74) is 0. The molecule has 0 aromatic carbocycles. The second-order valence-electron chi connectivity index (χ2n) is 7.84. The van der Waals surface area contributed by atoms with Crippen LogP contribution in [0.2, 0.25) is 0 Å². The molecule has 1 aromatic heterocycles. The molecule has 8 heteroatoms. The first-order valence-electron chi connectivity index (χ1n) is 9.82. The molecular formula is C17H30N6OS+2. The number of fused-ring (bicyclic) bond motifs is 1. The van der Waals surface area contributed by atoms with Gasteiger partial charge in [-0.3, -0.25) is 4.79 Å². The fourth-order valence-corrected chi connectivity index (χ4v) is 4.27. The van der Waals surface area contributed by atoms with E-state index < -0.39 is 0 Å². The van der Waals surface area contributed by atoms with Gasteiger partial charge in [0.15, 0.2) is 13.2 Å². The van der Waals surface area contributed by atoms with Gasteiger partial charge in [0.2, 0.25) is 4.77 Å². The van der Waals surface area contributed by atoms with Crippen molar-refractivity contribution in [3.63, 3.8) is 0 Å². The summed E-state index contributed by atoms with van der Waals surface area (Å²) in [7, 11) is 0. The van der Waals surface area contributed by atoms with Gasteiger partial charge in [-0.2, -0.15) is 9.78 Å². The van der Waals surface area contributed by atoms with Gasteiger partial charge in [-0.05, 0) is 37.9 Å². The molecule has 138 valence electrons. The molecular weight excluding hydrogens is 336 g/mol. The third-order valence-electron chi connectivity index (χ3n) is 5.67. The second-order valence-corrected chi connectivity index (χ2v) is 8.20. The van der Waals surface area contributed by atoms with Crippen molar-refractivity contribution in [3.05, 3.63) is 10.6 Å². The lowest BCUT2D eigenvalue weighted by Crippen LogP contribution is -3.28. The summed E-state index contributed by atoms with van der Waals surface area (Å²) in [6, 6.07) is 0.469. The molecule has 1 saturated heterocycles. The van der Waals surface area contributed by atoms with Crippen LogP contribution in [0.3, 0.4) is 0 Å². The average molecular weight is 367 g/mol. The monoisotopic (exact) mass is 366 g/mol. The van der Waals surface area contributed by atoms with E-state index in [9.17, 15) is 4.79 Å². The van der Waals surface area contributed by atoms with Crippen molar-refractivity contribution in [1.29, 1.82) is 0 Å². The largest absolute Gasteiger partial charge is 0.348 e. The predicted octanol–water partition coefficient (Wildman–Crippen LogP) is -1.84. The molecule has 3 heterocycles. The normalized spacial score (nSPS) is 26.7. The molecule has 25 heavy (non-hydrogen) atoms. The van der Waals surface area contributed by atoms with Gasteiger partial charge in [0.25, 0.3) is 5.91 Å². The Morgan fingerprint density at radius 2 is 1.92 bits per heavy atom. The van der Waals surface area contributed by atoms with Gasteiger partial charge in [-0.25, -0.2) is 0 Å². The highest BCUT2D eigenvalue weighted by Crippen LogP contribution is 2.18. The number of nitrogens with one attached hydrogen (secondary N) is 3. The highest BCUT2D eigenvalue weighted by molar-refractivity contribution is 7.71. The lowest BCUT2D eigenvalue weighted by molar-refractivity contribution is -1.02. The van der Waals surface area contributed by atoms with E-state index in [1.165, 1.54) is 34.9 Å². The van der Waals surface area contributed by atoms with E-state index in [0.29, 0.717) is 12.6 Å². The zero-order valence-electron chi connectivity index (χ0n) is 14.9. The quantitative estimate of drug-likeness (QED) is 0.537. The second kappa shape index (κ2) is 7.55. The average Bonchev–Trinajstić information content (AvgIpc) is 3.39. The number of rotatable bonds is 5. The molecule has 1 aliphatic carbocycles. The van der Waals surface area contributed by atoms with Crippen LogP contribution < -0.4 is 15.1 Å². The number of piperazine rings is 1. The molecule has 2 aliphatic heterocycles. The number of quaternary nitrogens is 2. The Morgan fingerprint density at radius 1 is 1.16 bits per heavy atom. The van der Waals surface area contributed by atoms with Crippen molar-refractivity contribution < 1.29 is 14.6 Å². The minimum absolute atomic E-state index is 0.223. The van der Waals surface area contributed by atoms with Crippen LogP contribution in [-0.2, 0) is 24.4 Å². The smallest absolute Gasteiger partial charge is 0.275 e. The van der Waals surface area contributed by atoms with Crippen LogP contribution in [-0.4, -0.2) is 59.0 Å². The number of aryl methyl sites for hydroxylation is 1. The Morgan fingerprint density at radius 3 is 2.68 bits per heavy atom. The highest BCUT2D eigenvalue weighted by atomic mass is 32.1. The third kappa shape index (κ3) is 4.30. The van der Waals surface area contributed by atoms with Crippen LogP contribution in [0.5, 0.6) is 0 Å². The molecule has 0 bridgehead atoms. The Labute approximate surface area is 154 Å². The standard InChI is InChI=1S/C17H28N6OS/c24-16(18-14-5-6-14)12-20-8-10-21(11-9-20)13-23-17(25)22-7-3-1-2-4-15(22)19-23/h14H,1-13H2,(H,18,24)/p+2. The molecule has 0 unspecified atom stereocenters. The Balaban J connectivity index is 1.28. The summed E-state index contributed by atoms with van der Waals surface area (Å²) in [6.07, 6.45) is 7.10. The van der Waals surface area contributed by atoms with Crippen LogP contribution >= 0.6 is 12.2 Å². The fraction of sp³-hybridized carbons (Fsp3) is 0.824. The maximum absolute atomic E-state index is 11.9. The van der Waals surface area contributed by atoms with Crippen LogP contribution in [0.1, 0.15) is 37.9 Å². The summed E-state index contributed by atoms with van der Waals surface area (Å²) in [5, 5.41) is 7.89. The molecule has 0 spiro atoms. The third-order valence-corrected chi connectivity index (χ3v) is 6.10. The summed E-state index contributed by atoms with van der Waals surface area (Å²) in [5.74, 6) is 1.39. The lowest BCUT2D eigenvalue weighted by Gasteiger charge is -2.29. The molecule has 2 fully saturated rings. The van der Waals surface area contributed by atoms with Crippen LogP contribution in [0, 0.1) is 4.77 Å². The summed E-state index contributed by atoms with van der Waals surface area (Å²) < 4.78 is 5.17. The molecule has 0 radical (unpaired) electrons. The topological polar surface area (TPSA) is 60.7 Å². The number of aromatic nitrogens is 3. The first-order valence-corrected chi connectivity index (χ1v) is 10.2. The van der Waals surface area contributed by atoms with Crippen molar-refractivity contribution in [3.8, 4) is 0 Å². The van der Waals surface area contributed by atoms with E-state index in [1.54, 1.807) is 0 Å². The van der Waals surface area contributed by atoms with Gasteiger partial charge in [0, 0.05) is 19.0 Å². The maximum atomic E-state index is 11.9. The Hall–Kier alpha value is -1.25. The first kappa shape index (κ1) is 17.2.